The van der Waals surface area contributed by atoms with Gasteiger partial charge < -0.3 is 15.4 Å². The van der Waals surface area contributed by atoms with Gasteiger partial charge in [-0.05, 0) is 72.4 Å². The van der Waals surface area contributed by atoms with Crippen LogP contribution in [-0.4, -0.2) is 54.2 Å². The molecule has 2 fully saturated rings. The van der Waals surface area contributed by atoms with Crippen molar-refractivity contribution < 1.29 is 14.3 Å². The van der Waals surface area contributed by atoms with Gasteiger partial charge in [0.25, 0.3) is 0 Å². The van der Waals surface area contributed by atoms with Crippen molar-refractivity contribution in [1.82, 2.24) is 15.5 Å². The van der Waals surface area contributed by atoms with Gasteiger partial charge in [0.1, 0.15) is 11.6 Å². The molecule has 23 heavy (non-hydrogen) atoms. The first kappa shape index (κ1) is 18.0. The quantitative estimate of drug-likeness (QED) is 0.831. The monoisotopic (exact) mass is 325 g/mol. The van der Waals surface area contributed by atoms with E-state index in [0.717, 1.165) is 32.4 Å². The number of hydrogen-bond donors (Lipinski definition) is 2. The van der Waals surface area contributed by atoms with Crippen LogP contribution < -0.4 is 10.6 Å². The Morgan fingerprint density at radius 1 is 1.22 bits per heavy atom. The predicted molar refractivity (Wildman–Crippen MR) is 89.2 cm³/mol. The normalized spacial score (nSPS) is 24.3. The third kappa shape index (κ3) is 5.09. The fourth-order valence-electron chi connectivity index (χ4n) is 3.36. The Labute approximate surface area is 139 Å². The van der Waals surface area contributed by atoms with E-state index in [1.54, 1.807) is 4.90 Å². The van der Waals surface area contributed by atoms with E-state index in [-0.39, 0.29) is 18.0 Å². The first-order valence-electron chi connectivity index (χ1n) is 8.78. The second kappa shape index (κ2) is 7.51. The Kier molecular flexibility index (Phi) is 5.89. The molecule has 0 aromatic heterocycles. The van der Waals surface area contributed by atoms with Gasteiger partial charge in [0.05, 0.1) is 0 Å². The van der Waals surface area contributed by atoms with Crippen molar-refractivity contribution in [3.05, 3.63) is 0 Å². The SMILES string of the molecule is CC(NC(=O)C1CCCN1C(=O)OC(C)(C)C)C1CCNCC1. The largest absolute Gasteiger partial charge is 0.444 e. The fourth-order valence-corrected chi connectivity index (χ4v) is 3.36. The van der Waals surface area contributed by atoms with E-state index in [1.807, 2.05) is 20.8 Å². The number of ether oxygens (including phenoxy) is 1. The molecule has 0 saturated carbocycles. The Balaban J connectivity index is 1.90. The van der Waals surface area contributed by atoms with Gasteiger partial charge in [0, 0.05) is 12.6 Å². The Bertz CT molecular complexity index is 427. The molecule has 2 aliphatic rings. The smallest absolute Gasteiger partial charge is 0.410 e. The number of hydrogen-bond acceptors (Lipinski definition) is 4. The average Bonchev–Trinajstić information content (AvgIpc) is 2.96. The summed E-state index contributed by atoms with van der Waals surface area (Å²) < 4.78 is 5.42. The van der Waals surface area contributed by atoms with Crippen LogP contribution in [0.5, 0.6) is 0 Å². The van der Waals surface area contributed by atoms with Crippen LogP contribution in [0.2, 0.25) is 0 Å². The number of carbonyl (C=O) groups is 2. The topological polar surface area (TPSA) is 70.7 Å². The summed E-state index contributed by atoms with van der Waals surface area (Å²) in [6.07, 6.45) is 3.34. The number of amides is 2. The molecule has 6 heteroatoms. The third-order valence-electron chi connectivity index (χ3n) is 4.64. The van der Waals surface area contributed by atoms with Crippen LogP contribution in [0.1, 0.15) is 53.4 Å². The molecule has 2 unspecified atom stereocenters. The summed E-state index contributed by atoms with van der Waals surface area (Å²) in [6, 6.07) is -0.250. The maximum atomic E-state index is 12.6. The average molecular weight is 325 g/mol. The molecule has 0 aromatic rings. The van der Waals surface area contributed by atoms with Gasteiger partial charge >= 0.3 is 6.09 Å². The number of rotatable bonds is 3. The molecular weight excluding hydrogens is 294 g/mol. The van der Waals surface area contributed by atoms with Gasteiger partial charge in [-0.1, -0.05) is 0 Å². The molecule has 2 amide bonds. The zero-order valence-corrected chi connectivity index (χ0v) is 14.9. The lowest BCUT2D eigenvalue weighted by atomic mass is 9.91. The van der Waals surface area contributed by atoms with Crippen molar-refractivity contribution in [2.24, 2.45) is 5.92 Å². The summed E-state index contributed by atoms with van der Waals surface area (Å²) in [5.41, 5.74) is -0.539. The van der Waals surface area contributed by atoms with Crippen molar-refractivity contribution in [2.75, 3.05) is 19.6 Å². The van der Waals surface area contributed by atoms with Crippen molar-refractivity contribution >= 4 is 12.0 Å². The molecule has 0 spiro atoms. The molecule has 2 rings (SSSR count). The van der Waals surface area contributed by atoms with Crippen molar-refractivity contribution in [3.63, 3.8) is 0 Å². The molecule has 0 bridgehead atoms. The van der Waals surface area contributed by atoms with Gasteiger partial charge in [-0.2, -0.15) is 0 Å². The zero-order chi connectivity index (χ0) is 17.0. The van der Waals surface area contributed by atoms with E-state index < -0.39 is 11.6 Å². The number of nitrogens with zero attached hydrogens (tertiary/aromatic N) is 1. The van der Waals surface area contributed by atoms with E-state index in [4.69, 9.17) is 4.74 Å². The van der Waals surface area contributed by atoms with Gasteiger partial charge in [-0.15, -0.1) is 0 Å². The lowest BCUT2D eigenvalue weighted by Crippen LogP contribution is -2.51. The molecule has 0 radical (unpaired) electrons. The minimum atomic E-state index is -0.539. The number of carbonyl (C=O) groups excluding carboxylic acids is 2. The molecule has 2 atom stereocenters. The highest BCUT2D eigenvalue weighted by Crippen LogP contribution is 2.22. The van der Waals surface area contributed by atoms with Gasteiger partial charge in [0.15, 0.2) is 0 Å². The number of likely N-dealkylation sites (tertiary alicyclic amines) is 1. The number of piperidine rings is 1. The van der Waals surface area contributed by atoms with Crippen molar-refractivity contribution in [2.45, 2.75) is 71.1 Å². The van der Waals surface area contributed by atoms with E-state index in [9.17, 15) is 9.59 Å². The van der Waals surface area contributed by atoms with E-state index in [2.05, 4.69) is 17.6 Å². The van der Waals surface area contributed by atoms with Crippen LogP contribution in [0.15, 0.2) is 0 Å². The highest BCUT2D eigenvalue weighted by Gasteiger charge is 2.37. The van der Waals surface area contributed by atoms with E-state index >= 15 is 0 Å². The third-order valence-corrected chi connectivity index (χ3v) is 4.64. The van der Waals surface area contributed by atoms with Gasteiger partial charge in [-0.25, -0.2) is 4.79 Å². The highest BCUT2D eigenvalue weighted by molar-refractivity contribution is 5.86. The molecule has 132 valence electrons. The van der Waals surface area contributed by atoms with Crippen molar-refractivity contribution in [1.29, 1.82) is 0 Å². The predicted octanol–water partition coefficient (Wildman–Crippen LogP) is 1.89. The Morgan fingerprint density at radius 3 is 2.48 bits per heavy atom. The van der Waals surface area contributed by atoms with E-state index in [1.165, 1.54) is 0 Å². The first-order valence-corrected chi connectivity index (χ1v) is 8.78. The minimum absolute atomic E-state index is 0.0422. The Morgan fingerprint density at radius 2 is 1.87 bits per heavy atom. The molecule has 2 saturated heterocycles. The summed E-state index contributed by atoms with van der Waals surface area (Å²) in [5, 5.41) is 6.46. The number of nitrogens with one attached hydrogen (secondary N) is 2. The van der Waals surface area contributed by atoms with Crippen LogP contribution in [0, 0.1) is 5.92 Å². The summed E-state index contributed by atoms with van der Waals surface area (Å²) in [6.45, 7) is 10.2. The van der Waals surface area contributed by atoms with Gasteiger partial charge in [0.2, 0.25) is 5.91 Å². The summed E-state index contributed by atoms with van der Waals surface area (Å²) in [4.78, 5) is 26.5. The highest BCUT2D eigenvalue weighted by atomic mass is 16.6. The van der Waals surface area contributed by atoms with Crippen LogP contribution in [0.3, 0.4) is 0 Å². The van der Waals surface area contributed by atoms with E-state index in [0.29, 0.717) is 18.9 Å². The molecule has 0 aliphatic carbocycles. The summed E-state index contributed by atoms with van der Waals surface area (Å²) in [7, 11) is 0. The van der Waals surface area contributed by atoms with Crippen molar-refractivity contribution in [3.8, 4) is 0 Å². The molecule has 6 nitrogen and oxygen atoms in total. The standard InChI is InChI=1S/C17H31N3O3/c1-12(13-7-9-18-10-8-13)19-15(21)14-6-5-11-20(14)16(22)23-17(2,3)4/h12-14,18H,5-11H2,1-4H3,(H,19,21). The van der Waals surface area contributed by atoms with Crippen LogP contribution in [0.4, 0.5) is 4.79 Å². The Hall–Kier alpha value is -1.30. The summed E-state index contributed by atoms with van der Waals surface area (Å²) >= 11 is 0. The molecule has 2 aliphatic heterocycles. The summed E-state index contributed by atoms with van der Waals surface area (Å²) in [5.74, 6) is 0.468. The fraction of sp³-hybridized carbons (Fsp3) is 0.882. The molecule has 2 N–H and O–H groups in total. The molecule has 2 heterocycles. The van der Waals surface area contributed by atoms with Crippen LogP contribution in [0.25, 0.3) is 0 Å². The second-order valence-corrected chi connectivity index (χ2v) is 7.72. The maximum Gasteiger partial charge on any atom is 0.410 e. The zero-order valence-electron chi connectivity index (χ0n) is 14.9. The molecular formula is C17H31N3O3. The lowest BCUT2D eigenvalue weighted by Gasteiger charge is -2.32. The van der Waals surface area contributed by atoms with Gasteiger partial charge in [-0.3, -0.25) is 9.69 Å². The minimum Gasteiger partial charge on any atom is -0.444 e. The second-order valence-electron chi connectivity index (χ2n) is 7.72. The van der Waals surface area contributed by atoms with Crippen LogP contribution >= 0.6 is 0 Å². The molecule has 0 aromatic carbocycles. The first-order chi connectivity index (χ1) is 10.8. The lowest BCUT2D eigenvalue weighted by molar-refractivity contribution is -0.126. The van der Waals surface area contributed by atoms with Crippen LogP contribution in [-0.2, 0) is 9.53 Å². The maximum absolute atomic E-state index is 12.6.